The highest BCUT2D eigenvalue weighted by Gasteiger charge is 2.11. The molecule has 150 valence electrons. The van der Waals surface area contributed by atoms with Gasteiger partial charge in [-0.25, -0.2) is 5.48 Å². The van der Waals surface area contributed by atoms with Crippen molar-refractivity contribution >= 4 is 11.8 Å². The first-order valence-corrected chi connectivity index (χ1v) is 8.81. The summed E-state index contributed by atoms with van der Waals surface area (Å²) >= 11 is 0. The topological polar surface area (TPSA) is 96.9 Å². The van der Waals surface area contributed by atoms with Crippen molar-refractivity contribution in [1.82, 2.24) is 10.8 Å². The van der Waals surface area contributed by atoms with Gasteiger partial charge in [-0.15, -0.1) is 0 Å². The number of hydrogen-bond acceptors (Lipinski definition) is 5. The largest absolute Gasteiger partial charge is 0.483 e. The normalized spacial score (nSPS) is 10.5. The Morgan fingerprint density at radius 1 is 1.10 bits per heavy atom. The third-order valence-electron chi connectivity index (χ3n) is 3.71. The standard InChI is InChI=1S/C22H22N2O5/c1-28-15-5-8-17-9-11-19(12-10-17)21(25)23-14-13-20(22(26)24-27)29-16-18-6-3-2-4-7-18/h2-4,6-7,9-13,27H,14-16H2,1H3,(H,23,25)(H,24,26)/b20-13+. The van der Waals surface area contributed by atoms with Crippen molar-refractivity contribution in [2.24, 2.45) is 0 Å². The van der Waals surface area contributed by atoms with Crippen LogP contribution < -0.4 is 10.8 Å². The number of nitrogens with one attached hydrogen (secondary N) is 2. The van der Waals surface area contributed by atoms with Crippen molar-refractivity contribution in [3.05, 3.63) is 83.1 Å². The van der Waals surface area contributed by atoms with Crippen molar-refractivity contribution in [2.45, 2.75) is 6.61 Å². The summed E-state index contributed by atoms with van der Waals surface area (Å²) in [7, 11) is 1.57. The van der Waals surface area contributed by atoms with Gasteiger partial charge in [0, 0.05) is 24.8 Å². The summed E-state index contributed by atoms with van der Waals surface area (Å²) in [5.41, 5.74) is 3.62. The highest BCUT2D eigenvalue weighted by Crippen LogP contribution is 2.07. The number of ether oxygens (including phenoxy) is 2. The van der Waals surface area contributed by atoms with Crippen molar-refractivity contribution < 1.29 is 24.3 Å². The average Bonchev–Trinajstić information content (AvgIpc) is 2.76. The highest BCUT2D eigenvalue weighted by atomic mass is 16.5. The number of hydrogen-bond donors (Lipinski definition) is 3. The van der Waals surface area contributed by atoms with Crippen LogP contribution in [0.15, 0.2) is 66.4 Å². The molecule has 0 aromatic heterocycles. The summed E-state index contributed by atoms with van der Waals surface area (Å²) in [5.74, 6) is 4.54. The van der Waals surface area contributed by atoms with E-state index in [2.05, 4.69) is 17.2 Å². The van der Waals surface area contributed by atoms with Gasteiger partial charge in [0.05, 0.1) is 0 Å². The molecule has 0 saturated carbocycles. The van der Waals surface area contributed by atoms with Gasteiger partial charge >= 0.3 is 5.91 Å². The molecule has 0 heterocycles. The predicted molar refractivity (Wildman–Crippen MR) is 107 cm³/mol. The number of benzene rings is 2. The van der Waals surface area contributed by atoms with E-state index in [-0.39, 0.29) is 24.8 Å². The van der Waals surface area contributed by atoms with Crippen molar-refractivity contribution in [2.75, 3.05) is 20.3 Å². The third-order valence-corrected chi connectivity index (χ3v) is 3.71. The smallest absolute Gasteiger partial charge is 0.309 e. The van der Waals surface area contributed by atoms with Crippen molar-refractivity contribution in [1.29, 1.82) is 0 Å². The van der Waals surface area contributed by atoms with E-state index in [1.165, 1.54) is 11.6 Å². The second-order valence-electron chi connectivity index (χ2n) is 5.81. The quantitative estimate of drug-likeness (QED) is 0.209. The summed E-state index contributed by atoms with van der Waals surface area (Å²) in [6.45, 7) is 0.538. The van der Waals surface area contributed by atoms with Crippen LogP contribution in [0.1, 0.15) is 21.5 Å². The molecule has 2 rings (SSSR count). The fraction of sp³-hybridized carbons (Fsp3) is 0.182. The van der Waals surface area contributed by atoms with Gasteiger partial charge in [0.25, 0.3) is 5.91 Å². The minimum atomic E-state index is -0.797. The molecule has 0 atom stereocenters. The van der Waals surface area contributed by atoms with E-state index in [0.717, 1.165) is 11.1 Å². The number of methoxy groups -OCH3 is 1. The molecule has 3 N–H and O–H groups in total. The van der Waals surface area contributed by atoms with Crippen LogP contribution in [-0.2, 0) is 20.9 Å². The number of hydroxylamine groups is 1. The zero-order valence-electron chi connectivity index (χ0n) is 16.0. The lowest BCUT2D eigenvalue weighted by Crippen LogP contribution is -2.26. The zero-order chi connectivity index (χ0) is 20.9. The molecule has 0 aliphatic carbocycles. The molecule has 7 nitrogen and oxygen atoms in total. The Morgan fingerprint density at radius 2 is 1.83 bits per heavy atom. The number of carbonyl (C=O) groups is 2. The maximum Gasteiger partial charge on any atom is 0.309 e. The molecule has 2 aromatic rings. The molecule has 0 radical (unpaired) electrons. The zero-order valence-corrected chi connectivity index (χ0v) is 16.0. The molecule has 2 aromatic carbocycles. The first kappa shape index (κ1) is 21.7. The van der Waals surface area contributed by atoms with Gasteiger partial charge in [0.1, 0.15) is 13.2 Å². The lowest BCUT2D eigenvalue weighted by Gasteiger charge is -2.09. The molecule has 0 fully saturated rings. The fourth-order valence-corrected chi connectivity index (χ4v) is 2.26. The molecule has 0 bridgehead atoms. The lowest BCUT2D eigenvalue weighted by molar-refractivity contribution is -0.129. The Labute approximate surface area is 169 Å². The second-order valence-corrected chi connectivity index (χ2v) is 5.81. The average molecular weight is 394 g/mol. The summed E-state index contributed by atoms with van der Waals surface area (Å²) in [6, 6.07) is 16.0. The monoisotopic (exact) mass is 394 g/mol. The minimum Gasteiger partial charge on any atom is -0.483 e. The molecule has 0 spiro atoms. The molecule has 2 amide bonds. The van der Waals surface area contributed by atoms with Crippen molar-refractivity contribution in [3.8, 4) is 11.8 Å². The van der Waals surface area contributed by atoms with Crippen LogP contribution in [0.25, 0.3) is 0 Å². The molecule has 29 heavy (non-hydrogen) atoms. The van der Waals surface area contributed by atoms with Gasteiger partial charge in [-0.1, -0.05) is 42.2 Å². The number of rotatable bonds is 8. The Morgan fingerprint density at radius 3 is 2.48 bits per heavy atom. The molecule has 0 aliphatic heterocycles. The summed E-state index contributed by atoms with van der Waals surface area (Å²) in [5, 5.41) is 11.5. The maximum atomic E-state index is 12.2. The van der Waals surface area contributed by atoms with Crippen LogP contribution in [0, 0.1) is 11.8 Å². The van der Waals surface area contributed by atoms with Crippen molar-refractivity contribution in [3.63, 3.8) is 0 Å². The SMILES string of the molecule is COCC#Cc1ccc(C(=O)NC/C=C(/OCc2ccccc2)C(=O)NO)cc1. The van der Waals surface area contributed by atoms with Crippen LogP contribution >= 0.6 is 0 Å². The Balaban J connectivity index is 1.92. The van der Waals surface area contributed by atoms with Crippen LogP contribution in [0.4, 0.5) is 0 Å². The van der Waals surface area contributed by atoms with Gasteiger partial charge in [-0.2, -0.15) is 0 Å². The van der Waals surface area contributed by atoms with Gasteiger partial charge in [-0.3, -0.25) is 14.8 Å². The first-order valence-electron chi connectivity index (χ1n) is 8.81. The molecular formula is C22H22N2O5. The number of carbonyl (C=O) groups excluding carboxylic acids is 2. The van der Waals surface area contributed by atoms with E-state index in [4.69, 9.17) is 14.7 Å². The van der Waals surface area contributed by atoms with Gasteiger partial charge < -0.3 is 14.8 Å². The first-order chi connectivity index (χ1) is 14.1. The molecule has 7 heteroatoms. The Hall–Kier alpha value is -3.60. The van der Waals surface area contributed by atoms with Gasteiger partial charge in [-0.05, 0) is 35.9 Å². The number of amides is 2. The maximum absolute atomic E-state index is 12.2. The van der Waals surface area contributed by atoms with Crippen LogP contribution in [-0.4, -0.2) is 37.3 Å². The van der Waals surface area contributed by atoms with E-state index in [9.17, 15) is 9.59 Å². The fourth-order valence-electron chi connectivity index (χ4n) is 2.26. The van der Waals surface area contributed by atoms with E-state index < -0.39 is 5.91 Å². The second kappa shape index (κ2) is 12.0. The highest BCUT2D eigenvalue weighted by molar-refractivity contribution is 5.94. The third kappa shape index (κ3) is 7.50. The molecule has 0 aliphatic rings. The summed E-state index contributed by atoms with van der Waals surface area (Å²) < 4.78 is 10.3. The molecule has 0 unspecified atom stereocenters. The van der Waals surface area contributed by atoms with E-state index in [1.54, 1.807) is 31.4 Å². The van der Waals surface area contributed by atoms with E-state index in [1.807, 2.05) is 30.3 Å². The molecule has 0 saturated heterocycles. The summed E-state index contributed by atoms with van der Waals surface area (Å²) in [6.07, 6.45) is 1.39. The Kier molecular flexibility index (Phi) is 8.96. The molecular weight excluding hydrogens is 372 g/mol. The predicted octanol–water partition coefficient (Wildman–Crippen LogP) is 2.02. The van der Waals surface area contributed by atoms with Gasteiger partial charge in [0.15, 0.2) is 5.76 Å². The van der Waals surface area contributed by atoms with E-state index in [0.29, 0.717) is 12.2 Å². The van der Waals surface area contributed by atoms with Crippen LogP contribution in [0.2, 0.25) is 0 Å². The van der Waals surface area contributed by atoms with Gasteiger partial charge in [0.2, 0.25) is 0 Å². The minimum absolute atomic E-state index is 0.0474. The summed E-state index contributed by atoms with van der Waals surface area (Å²) in [4.78, 5) is 24.0. The van der Waals surface area contributed by atoms with Crippen LogP contribution in [0.3, 0.4) is 0 Å². The lowest BCUT2D eigenvalue weighted by atomic mass is 10.1. The van der Waals surface area contributed by atoms with Crippen LogP contribution in [0.5, 0.6) is 0 Å². The van der Waals surface area contributed by atoms with E-state index >= 15 is 0 Å². The Bertz CT molecular complexity index is 896.